The molecule has 0 aromatic rings. The number of carboxylic acid groups (broad SMARTS) is 1. The van der Waals surface area contributed by atoms with Gasteiger partial charge < -0.3 is 10.2 Å². The normalized spacial score (nSPS) is 11.8. The van der Waals surface area contributed by atoms with Crippen molar-refractivity contribution in [2.75, 3.05) is 0 Å². The van der Waals surface area contributed by atoms with Crippen molar-refractivity contribution >= 4 is 11.8 Å². The molecular formula is C11H17NO6. The standard InChI is InChI=1S/C11H17NO6/c1-8(13)11(12(17)18)9(14)6-4-2-3-5-7-10(15)16/h14H,2-7H2,1H3,(H,15,16)/b11-9+. The van der Waals surface area contributed by atoms with Crippen LogP contribution in [0.1, 0.15) is 45.4 Å². The number of nitro groups is 1. The minimum absolute atomic E-state index is 0.0585. The first-order valence-electron chi connectivity index (χ1n) is 5.65. The van der Waals surface area contributed by atoms with E-state index < -0.39 is 28.1 Å². The number of nitrogens with zero attached hydrogens (tertiary/aromatic N) is 1. The number of Topliss-reactive ketones (excluding diaryl/α,β-unsaturated/α-hetero) is 1. The summed E-state index contributed by atoms with van der Waals surface area (Å²) in [6, 6.07) is 0. The quantitative estimate of drug-likeness (QED) is 0.215. The molecule has 0 aromatic heterocycles. The monoisotopic (exact) mass is 259 g/mol. The van der Waals surface area contributed by atoms with Crippen LogP contribution in [0.15, 0.2) is 11.5 Å². The Kier molecular flexibility index (Phi) is 7.34. The number of ketones is 1. The highest BCUT2D eigenvalue weighted by atomic mass is 16.6. The van der Waals surface area contributed by atoms with Gasteiger partial charge in [0, 0.05) is 19.8 Å². The number of hydrogen-bond acceptors (Lipinski definition) is 5. The van der Waals surface area contributed by atoms with Gasteiger partial charge in [-0.1, -0.05) is 12.8 Å². The largest absolute Gasteiger partial charge is 0.506 e. The van der Waals surface area contributed by atoms with E-state index in [4.69, 9.17) is 5.11 Å². The Morgan fingerprint density at radius 1 is 1.06 bits per heavy atom. The number of unbranched alkanes of at least 4 members (excludes halogenated alkanes) is 3. The summed E-state index contributed by atoms with van der Waals surface area (Å²) in [4.78, 5) is 30.7. The van der Waals surface area contributed by atoms with Crippen molar-refractivity contribution in [3.8, 4) is 0 Å². The molecule has 0 aliphatic rings. The molecule has 0 aliphatic carbocycles. The van der Waals surface area contributed by atoms with E-state index in [1.54, 1.807) is 0 Å². The lowest BCUT2D eigenvalue weighted by Gasteiger charge is -2.01. The van der Waals surface area contributed by atoms with Gasteiger partial charge in [0.15, 0.2) is 5.76 Å². The van der Waals surface area contributed by atoms with Crippen LogP contribution in [0.2, 0.25) is 0 Å². The molecule has 18 heavy (non-hydrogen) atoms. The summed E-state index contributed by atoms with van der Waals surface area (Å²) < 4.78 is 0. The van der Waals surface area contributed by atoms with Crippen LogP contribution in [0.4, 0.5) is 0 Å². The number of carboxylic acids is 1. The van der Waals surface area contributed by atoms with Gasteiger partial charge in [0.25, 0.3) is 0 Å². The van der Waals surface area contributed by atoms with E-state index in [0.29, 0.717) is 25.7 Å². The molecule has 0 atom stereocenters. The van der Waals surface area contributed by atoms with Gasteiger partial charge in [-0.2, -0.15) is 0 Å². The number of rotatable bonds is 9. The van der Waals surface area contributed by atoms with Crippen molar-refractivity contribution in [3.05, 3.63) is 21.6 Å². The van der Waals surface area contributed by atoms with Crippen molar-refractivity contribution in [3.63, 3.8) is 0 Å². The molecule has 0 saturated heterocycles. The van der Waals surface area contributed by atoms with Crippen molar-refractivity contribution < 1.29 is 24.7 Å². The summed E-state index contributed by atoms with van der Waals surface area (Å²) in [5.41, 5.74) is -0.763. The van der Waals surface area contributed by atoms with Crippen LogP contribution in [0, 0.1) is 10.1 Å². The number of hydrogen-bond donors (Lipinski definition) is 2. The molecule has 0 fully saturated rings. The highest BCUT2D eigenvalue weighted by molar-refractivity contribution is 5.91. The third-order valence-corrected chi connectivity index (χ3v) is 2.34. The lowest BCUT2D eigenvalue weighted by atomic mass is 10.1. The number of allylic oxidation sites excluding steroid dienone is 2. The van der Waals surface area contributed by atoms with E-state index in [9.17, 15) is 24.8 Å². The minimum atomic E-state index is -0.887. The molecule has 0 bridgehead atoms. The maximum Gasteiger partial charge on any atom is 0.348 e. The Bertz CT molecular complexity index is 345. The molecule has 7 nitrogen and oxygen atoms in total. The fourth-order valence-corrected chi connectivity index (χ4v) is 1.48. The fourth-order valence-electron chi connectivity index (χ4n) is 1.48. The van der Waals surface area contributed by atoms with E-state index >= 15 is 0 Å². The topological polar surface area (TPSA) is 118 Å². The summed E-state index contributed by atoms with van der Waals surface area (Å²) in [6.07, 6.45) is 2.50. The fraction of sp³-hybridized carbons (Fsp3) is 0.636. The molecule has 0 aromatic carbocycles. The second kappa shape index (κ2) is 8.21. The highest BCUT2D eigenvalue weighted by Crippen LogP contribution is 2.13. The van der Waals surface area contributed by atoms with E-state index in [2.05, 4.69) is 0 Å². The van der Waals surface area contributed by atoms with Crippen LogP contribution < -0.4 is 0 Å². The van der Waals surface area contributed by atoms with Crippen LogP contribution >= 0.6 is 0 Å². The minimum Gasteiger partial charge on any atom is -0.506 e. The molecule has 0 radical (unpaired) electrons. The SMILES string of the molecule is CC(=O)/C(=C(\O)CCCCCCC(=O)O)[N+](=O)[O-]. The lowest BCUT2D eigenvalue weighted by molar-refractivity contribution is -0.421. The first-order chi connectivity index (χ1) is 8.36. The Balaban J connectivity index is 4.05. The summed E-state index contributed by atoms with van der Waals surface area (Å²) in [5, 5.41) is 28.3. The molecule has 0 amide bonds. The van der Waals surface area contributed by atoms with Crippen LogP contribution in [0.5, 0.6) is 0 Å². The van der Waals surface area contributed by atoms with Crippen LogP contribution in [-0.2, 0) is 9.59 Å². The van der Waals surface area contributed by atoms with Gasteiger partial charge in [0.05, 0.1) is 4.92 Å². The molecule has 102 valence electrons. The molecule has 0 heterocycles. The van der Waals surface area contributed by atoms with Crippen molar-refractivity contribution in [2.45, 2.75) is 45.4 Å². The first kappa shape index (κ1) is 16.1. The average molecular weight is 259 g/mol. The van der Waals surface area contributed by atoms with Crippen LogP contribution in [-0.4, -0.2) is 26.9 Å². The summed E-state index contributed by atoms with van der Waals surface area (Å²) >= 11 is 0. The Labute approximate surface area is 104 Å². The molecular weight excluding hydrogens is 242 g/mol. The predicted octanol–water partition coefficient (Wildman–Crippen LogP) is 2.05. The smallest absolute Gasteiger partial charge is 0.348 e. The number of aliphatic carboxylic acids is 1. The summed E-state index contributed by atoms with van der Waals surface area (Å²) in [5.74, 6) is -2.14. The maximum absolute atomic E-state index is 10.9. The van der Waals surface area contributed by atoms with Gasteiger partial charge in [-0.15, -0.1) is 0 Å². The first-order valence-corrected chi connectivity index (χ1v) is 5.65. The van der Waals surface area contributed by atoms with E-state index in [1.807, 2.05) is 0 Å². The van der Waals surface area contributed by atoms with Crippen molar-refractivity contribution in [2.24, 2.45) is 0 Å². The van der Waals surface area contributed by atoms with Crippen LogP contribution in [0.25, 0.3) is 0 Å². The third kappa shape index (κ3) is 6.62. The lowest BCUT2D eigenvalue weighted by Crippen LogP contribution is -2.11. The van der Waals surface area contributed by atoms with E-state index in [0.717, 1.165) is 6.92 Å². The molecule has 0 unspecified atom stereocenters. The van der Waals surface area contributed by atoms with Crippen molar-refractivity contribution in [1.29, 1.82) is 0 Å². The van der Waals surface area contributed by atoms with Crippen molar-refractivity contribution in [1.82, 2.24) is 0 Å². The van der Waals surface area contributed by atoms with Crippen LogP contribution in [0.3, 0.4) is 0 Å². The maximum atomic E-state index is 10.9. The summed E-state index contributed by atoms with van der Waals surface area (Å²) in [6.45, 7) is 1.03. The highest BCUT2D eigenvalue weighted by Gasteiger charge is 2.23. The third-order valence-electron chi connectivity index (χ3n) is 2.34. The molecule has 2 N–H and O–H groups in total. The average Bonchev–Trinajstić information content (AvgIpc) is 2.21. The van der Waals surface area contributed by atoms with Gasteiger partial charge in [-0.3, -0.25) is 19.7 Å². The van der Waals surface area contributed by atoms with E-state index in [-0.39, 0.29) is 12.8 Å². The second-order valence-corrected chi connectivity index (χ2v) is 3.92. The summed E-state index contributed by atoms with van der Waals surface area (Å²) in [7, 11) is 0. The molecule has 0 spiro atoms. The molecule has 7 heteroatoms. The number of carbonyl (C=O) groups is 2. The molecule has 0 rings (SSSR count). The predicted molar refractivity (Wildman–Crippen MR) is 62.7 cm³/mol. The van der Waals surface area contributed by atoms with Gasteiger partial charge >= 0.3 is 11.7 Å². The van der Waals surface area contributed by atoms with Gasteiger partial charge in [-0.05, 0) is 12.8 Å². The molecule has 0 saturated carbocycles. The van der Waals surface area contributed by atoms with Gasteiger partial charge in [0.2, 0.25) is 5.78 Å². The zero-order valence-electron chi connectivity index (χ0n) is 10.2. The number of aliphatic hydroxyl groups excluding tert-OH is 1. The Hall–Kier alpha value is -1.92. The zero-order chi connectivity index (χ0) is 14.1. The number of aliphatic hydroxyl groups is 1. The molecule has 0 aliphatic heterocycles. The second-order valence-electron chi connectivity index (χ2n) is 3.92. The Morgan fingerprint density at radius 3 is 1.94 bits per heavy atom. The zero-order valence-corrected chi connectivity index (χ0v) is 10.2. The Morgan fingerprint density at radius 2 is 1.56 bits per heavy atom. The van der Waals surface area contributed by atoms with Gasteiger partial charge in [-0.25, -0.2) is 0 Å². The van der Waals surface area contributed by atoms with Gasteiger partial charge in [0.1, 0.15) is 0 Å². The van der Waals surface area contributed by atoms with E-state index in [1.165, 1.54) is 0 Å². The number of carbonyl (C=O) groups excluding carboxylic acids is 1.